The van der Waals surface area contributed by atoms with Crippen molar-refractivity contribution >= 4 is 5.91 Å². The summed E-state index contributed by atoms with van der Waals surface area (Å²) >= 11 is 0. The first kappa shape index (κ1) is 11.7. The minimum atomic E-state index is -0.0499. The van der Waals surface area contributed by atoms with Gasteiger partial charge in [-0.1, -0.05) is 25.1 Å². The second-order valence-electron chi connectivity index (χ2n) is 3.34. The van der Waals surface area contributed by atoms with E-state index in [1.807, 2.05) is 25.1 Å². The lowest BCUT2D eigenvalue weighted by Gasteiger charge is -2.13. The second kappa shape index (κ2) is 6.19. The Morgan fingerprint density at radius 2 is 2.07 bits per heavy atom. The van der Waals surface area contributed by atoms with Crippen LogP contribution in [0.3, 0.4) is 0 Å². The van der Waals surface area contributed by atoms with Crippen molar-refractivity contribution in [2.75, 3.05) is 13.7 Å². The highest BCUT2D eigenvalue weighted by atomic mass is 16.5. The highest BCUT2D eigenvalue weighted by Gasteiger charge is 2.08. The van der Waals surface area contributed by atoms with E-state index >= 15 is 0 Å². The van der Waals surface area contributed by atoms with Crippen LogP contribution in [0.2, 0.25) is 0 Å². The van der Waals surface area contributed by atoms with Crippen molar-refractivity contribution < 1.29 is 9.53 Å². The number of hydrogen-bond donors (Lipinski definition) is 1. The number of methoxy groups -OCH3 is 1. The Kier molecular flexibility index (Phi) is 4.84. The summed E-state index contributed by atoms with van der Waals surface area (Å²) in [6.45, 7) is 2.59. The Bertz CT molecular complexity index is 294. The van der Waals surface area contributed by atoms with Crippen molar-refractivity contribution in [2.24, 2.45) is 0 Å². The summed E-state index contributed by atoms with van der Waals surface area (Å²) in [5, 5.41) is 2.84. The van der Waals surface area contributed by atoms with Gasteiger partial charge < -0.3 is 10.1 Å². The highest BCUT2D eigenvalue weighted by molar-refractivity contribution is 5.94. The number of amides is 1. The predicted molar refractivity (Wildman–Crippen MR) is 59.9 cm³/mol. The molecule has 0 spiro atoms. The molecule has 1 N–H and O–H groups in total. The van der Waals surface area contributed by atoms with Crippen molar-refractivity contribution in [1.82, 2.24) is 5.32 Å². The summed E-state index contributed by atoms with van der Waals surface area (Å²) in [6, 6.07) is 9.18. The lowest BCUT2D eigenvalue weighted by Crippen LogP contribution is -2.32. The van der Waals surface area contributed by atoms with E-state index in [4.69, 9.17) is 4.74 Å². The van der Waals surface area contributed by atoms with Gasteiger partial charge in [-0.15, -0.1) is 0 Å². The first-order valence-corrected chi connectivity index (χ1v) is 5.14. The average Bonchev–Trinajstić information content (AvgIpc) is 2.31. The van der Waals surface area contributed by atoms with Gasteiger partial charge in [0.2, 0.25) is 0 Å². The molecule has 1 unspecified atom stereocenters. The normalized spacial score (nSPS) is 12.1. The maximum Gasteiger partial charge on any atom is 0.251 e. The minimum absolute atomic E-state index is 0.0499. The number of carbonyl (C=O) groups excluding carboxylic acids is 1. The molecule has 1 amide bonds. The molecule has 0 radical (unpaired) electrons. The lowest BCUT2D eigenvalue weighted by atomic mass is 10.2. The molecule has 0 aliphatic carbocycles. The smallest absolute Gasteiger partial charge is 0.251 e. The SMILES string of the molecule is CCC(CNC(=O)c1ccccc1)OC. The largest absolute Gasteiger partial charge is 0.380 e. The Morgan fingerprint density at radius 3 is 2.60 bits per heavy atom. The van der Waals surface area contributed by atoms with Gasteiger partial charge in [0.15, 0.2) is 0 Å². The fraction of sp³-hybridized carbons (Fsp3) is 0.417. The third-order valence-corrected chi connectivity index (χ3v) is 2.31. The quantitative estimate of drug-likeness (QED) is 0.800. The van der Waals surface area contributed by atoms with Gasteiger partial charge in [-0.2, -0.15) is 0 Å². The van der Waals surface area contributed by atoms with Crippen LogP contribution in [0.1, 0.15) is 23.7 Å². The van der Waals surface area contributed by atoms with Crippen molar-refractivity contribution in [3.63, 3.8) is 0 Å². The van der Waals surface area contributed by atoms with Crippen molar-refractivity contribution in [3.8, 4) is 0 Å². The van der Waals surface area contributed by atoms with Crippen LogP contribution >= 0.6 is 0 Å². The maximum atomic E-state index is 11.6. The predicted octanol–water partition coefficient (Wildman–Crippen LogP) is 1.84. The number of hydrogen-bond acceptors (Lipinski definition) is 2. The summed E-state index contributed by atoms with van der Waals surface area (Å²) in [5.41, 5.74) is 0.684. The molecule has 3 heteroatoms. The van der Waals surface area contributed by atoms with Gasteiger partial charge in [-0.05, 0) is 18.6 Å². The Hall–Kier alpha value is -1.35. The molecule has 82 valence electrons. The molecule has 0 saturated heterocycles. The molecule has 0 bridgehead atoms. The molecule has 0 fully saturated rings. The van der Waals surface area contributed by atoms with E-state index in [-0.39, 0.29) is 12.0 Å². The van der Waals surface area contributed by atoms with E-state index in [1.165, 1.54) is 0 Å². The maximum absolute atomic E-state index is 11.6. The van der Waals surface area contributed by atoms with E-state index < -0.39 is 0 Å². The molecule has 0 aliphatic heterocycles. The van der Waals surface area contributed by atoms with Gasteiger partial charge in [-0.3, -0.25) is 4.79 Å². The summed E-state index contributed by atoms with van der Waals surface area (Å²) in [4.78, 5) is 11.6. The summed E-state index contributed by atoms with van der Waals surface area (Å²) < 4.78 is 5.17. The fourth-order valence-corrected chi connectivity index (χ4v) is 1.29. The molecule has 3 nitrogen and oxygen atoms in total. The van der Waals surface area contributed by atoms with Gasteiger partial charge >= 0.3 is 0 Å². The number of rotatable bonds is 5. The molecule has 0 saturated carbocycles. The zero-order valence-corrected chi connectivity index (χ0v) is 9.19. The van der Waals surface area contributed by atoms with E-state index in [9.17, 15) is 4.79 Å². The van der Waals surface area contributed by atoms with Gasteiger partial charge in [0.1, 0.15) is 0 Å². The van der Waals surface area contributed by atoms with E-state index in [1.54, 1.807) is 19.2 Å². The number of nitrogens with one attached hydrogen (secondary N) is 1. The lowest BCUT2D eigenvalue weighted by molar-refractivity contribution is 0.0815. The van der Waals surface area contributed by atoms with Crippen LogP contribution in [0.25, 0.3) is 0 Å². The van der Waals surface area contributed by atoms with Gasteiger partial charge in [0.05, 0.1) is 6.10 Å². The zero-order chi connectivity index (χ0) is 11.1. The average molecular weight is 207 g/mol. The third kappa shape index (κ3) is 3.72. The number of benzene rings is 1. The number of ether oxygens (including phenoxy) is 1. The number of carbonyl (C=O) groups is 1. The Morgan fingerprint density at radius 1 is 1.40 bits per heavy atom. The molecular formula is C12H17NO2. The van der Waals surface area contributed by atoms with Crippen LogP contribution in [0.4, 0.5) is 0 Å². The molecule has 1 atom stereocenters. The summed E-state index contributed by atoms with van der Waals surface area (Å²) in [5.74, 6) is -0.0499. The van der Waals surface area contributed by atoms with E-state index in [2.05, 4.69) is 5.32 Å². The van der Waals surface area contributed by atoms with Crippen LogP contribution in [0.5, 0.6) is 0 Å². The van der Waals surface area contributed by atoms with Gasteiger partial charge in [0, 0.05) is 19.2 Å². The summed E-state index contributed by atoms with van der Waals surface area (Å²) in [6.07, 6.45) is 0.989. The second-order valence-corrected chi connectivity index (χ2v) is 3.34. The Balaban J connectivity index is 2.43. The highest BCUT2D eigenvalue weighted by Crippen LogP contribution is 1.99. The molecule has 0 heterocycles. The molecule has 15 heavy (non-hydrogen) atoms. The fourth-order valence-electron chi connectivity index (χ4n) is 1.29. The van der Waals surface area contributed by atoms with E-state index in [0.717, 1.165) is 6.42 Å². The van der Waals surface area contributed by atoms with Crippen LogP contribution in [0, 0.1) is 0 Å². The van der Waals surface area contributed by atoms with Crippen LogP contribution in [-0.2, 0) is 4.74 Å². The monoisotopic (exact) mass is 207 g/mol. The van der Waals surface area contributed by atoms with Crippen molar-refractivity contribution in [2.45, 2.75) is 19.4 Å². The van der Waals surface area contributed by atoms with Crippen molar-refractivity contribution in [1.29, 1.82) is 0 Å². The van der Waals surface area contributed by atoms with Gasteiger partial charge in [-0.25, -0.2) is 0 Å². The molecule has 0 aliphatic rings. The first-order chi connectivity index (χ1) is 7.27. The molecule has 1 aromatic rings. The van der Waals surface area contributed by atoms with Crippen LogP contribution < -0.4 is 5.32 Å². The van der Waals surface area contributed by atoms with Crippen molar-refractivity contribution in [3.05, 3.63) is 35.9 Å². The molecule has 0 aromatic heterocycles. The van der Waals surface area contributed by atoms with Crippen LogP contribution in [-0.4, -0.2) is 25.7 Å². The van der Waals surface area contributed by atoms with Crippen LogP contribution in [0.15, 0.2) is 30.3 Å². The summed E-state index contributed by atoms with van der Waals surface area (Å²) in [7, 11) is 1.66. The van der Waals surface area contributed by atoms with E-state index in [0.29, 0.717) is 12.1 Å². The Labute approximate surface area is 90.4 Å². The standard InChI is InChI=1S/C12H17NO2/c1-3-11(15-2)9-13-12(14)10-7-5-4-6-8-10/h4-8,11H,3,9H2,1-2H3,(H,13,14). The molecule has 1 rings (SSSR count). The third-order valence-electron chi connectivity index (χ3n) is 2.31. The zero-order valence-electron chi connectivity index (χ0n) is 9.19. The molecule has 1 aromatic carbocycles. The minimum Gasteiger partial charge on any atom is -0.380 e. The topological polar surface area (TPSA) is 38.3 Å². The first-order valence-electron chi connectivity index (χ1n) is 5.14. The van der Waals surface area contributed by atoms with Gasteiger partial charge in [0.25, 0.3) is 5.91 Å². The molecular weight excluding hydrogens is 190 g/mol.